The van der Waals surface area contributed by atoms with Crippen LogP contribution in [0.1, 0.15) is 39.5 Å². The van der Waals surface area contributed by atoms with Crippen molar-refractivity contribution in [3.05, 3.63) is 35.5 Å². The van der Waals surface area contributed by atoms with Crippen LogP contribution < -0.4 is 0 Å². The van der Waals surface area contributed by atoms with Gasteiger partial charge < -0.3 is 0 Å². The first-order valence-corrected chi connectivity index (χ1v) is 5.78. The third-order valence-electron chi connectivity index (χ3n) is 4.96. The number of hydrogen-bond acceptors (Lipinski definition) is 0. The van der Waals surface area contributed by atoms with Gasteiger partial charge in [0, 0.05) is 10.8 Å². The molecule has 0 aliphatic heterocycles. The van der Waals surface area contributed by atoms with Gasteiger partial charge in [0.25, 0.3) is 0 Å². The summed E-state index contributed by atoms with van der Waals surface area (Å²) in [6.45, 7) is 4.67. The van der Waals surface area contributed by atoms with E-state index in [4.69, 9.17) is 0 Å². The van der Waals surface area contributed by atoms with Crippen molar-refractivity contribution in [2.24, 2.45) is 10.8 Å². The monoisotopic (exact) mass is 186 g/mol. The Morgan fingerprint density at radius 3 is 1.71 bits per heavy atom. The molecular weight excluding hydrogens is 168 g/mol. The fraction of sp³-hybridized carbons (Fsp3) is 0.571. The zero-order valence-electron chi connectivity index (χ0n) is 9.14. The highest BCUT2D eigenvalue weighted by molar-refractivity contribution is 5.53. The number of allylic oxidation sites excluding steroid dienone is 6. The molecule has 0 heteroatoms. The highest BCUT2D eigenvalue weighted by Crippen LogP contribution is 2.69. The van der Waals surface area contributed by atoms with E-state index in [0.29, 0.717) is 10.8 Å². The van der Waals surface area contributed by atoms with Crippen LogP contribution in [-0.4, -0.2) is 0 Å². The molecule has 2 unspecified atom stereocenters. The molecule has 0 bridgehead atoms. The maximum absolute atomic E-state index is 2.47. The minimum Gasteiger partial charge on any atom is -0.0731 e. The van der Waals surface area contributed by atoms with Gasteiger partial charge in [-0.1, -0.05) is 48.3 Å². The van der Waals surface area contributed by atoms with Gasteiger partial charge in [0.1, 0.15) is 0 Å². The zero-order chi connectivity index (χ0) is 9.81. The van der Waals surface area contributed by atoms with Crippen LogP contribution in [0.4, 0.5) is 0 Å². The van der Waals surface area contributed by atoms with Crippen LogP contribution in [0.2, 0.25) is 0 Å². The molecule has 0 N–H and O–H groups in total. The van der Waals surface area contributed by atoms with Gasteiger partial charge in [-0.05, 0) is 26.7 Å². The molecule has 0 nitrogen and oxygen atoms in total. The van der Waals surface area contributed by atoms with Gasteiger partial charge in [0.05, 0.1) is 0 Å². The van der Waals surface area contributed by atoms with Crippen LogP contribution in [0.15, 0.2) is 35.5 Å². The Morgan fingerprint density at radius 2 is 1.29 bits per heavy atom. The van der Waals surface area contributed by atoms with Crippen molar-refractivity contribution >= 4 is 0 Å². The summed E-state index contributed by atoms with van der Waals surface area (Å²) in [4.78, 5) is 0. The summed E-state index contributed by atoms with van der Waals surface area (Å²) in [5.41, 5.74) is 4.17. The molecule has 0 heterocycles. The third-order valence-corrected chi connectivity index (χ3v) is 4.96. The van der Waals surface area contributed by atoms with Crippen molar-refractivity contribution in [1.82, 2.24) is 0 Å². The molecule has 0 aromatic heterocycles. The Labute approximate surface area is 86.4 Å². The van der Waals surface area contributed by atoms with E-state index in [1.165, 1.54) is 25.7 Å². The second-order valence-corrected chi connectivity index (χ2v) is 5.12. The quantitative estimate of drug-likeness (QED) is 0.501. The third kappa shape index (κ3) is 0.657. The molecule has 0 saturated heterocycles. The molecule has 14 heavy (non-hydrogen) atoms. The predicted molar refractivity (Wildman–Crippen MR) is 60.0 cm³/mol. The standard InChI is InChI=1S/C14H18/c1-11-12(2)14-9-5-3-7-13(11,14)8-4-6-10-14/h3,5,7,9H,4,6,8,10H2,1-2H3. The summed E-state index contributed by atoms with van der Waals surface area (Å²) in [5.74, 6) is 0. The molecule has 0 amide bonds. The predicted octanol–water partition coefficient (Wildman–Crippen LogP) is 4.01. The lowest BCUT2D eigenvalue weighted by Crippen LogP contribution is -2.53. The van der Waals surface area contributed by atoms with Gasteiger partial charge in [-0.25, -0.2) is 0 Å². The molecule has 3 aliphatic carbocycles. The van der Waals surface area contributed by atoms with Crippen molar-refractivity contribution in [2.45, 2.75) is 39.5 Å². The molecule has 0 aromatic rings. The normalized spacial score (nSPS) is 44.4. The van der Waals surface area contributed by atoms with Crippen LogP contribution in [0.3, 0.4) is 0 Å². The Balaban J connectivity index is 2.20. The maximum Gasteiger partial charge on any atom is 0.0222 e. The molecule has 0 aromatic carbocycles. The van der Waals surface area contributed by atoms with Crippen LogP contribution in [0.5, 0.6) is 0 Å². The molecule has 2 atom stereocenters. The minimum absolute atomic E-state index is 0.435. The first-order chi connectivity index (χ1) is 6.73. The van der Waals surface area contributed by atoms with Gasteiger partial charge >= 0.3 is 0 Å². The van der Waals surface area contributed by atoms with E-state index in [-0.39, 0.29) is 0 Å². The molecule has 1 fully saturated rings. The van der Waals surface area contributed by atoms with Crippen molar-refractivity contribution < 1.29 is 0 Å². The molecule has 0 spiro atoms. The van der Waals surface area contributed by atoms with Crippen LogP contribution in [-0.2, 0) is 0 Å². The molecule has 0 radical (unpaired) electrons. The average Bonchev–Trinajstić information content (AvgIpc) is 2.26. The molecule has 3 rings (SSSR count). The Morgan fingerprint density at radius 1 is 0.857 bits per heavy atom. The van der Waals surface area contributed by atoms with E-state index >= 15 is 0 Å². The number of rotatable bonds is 0. The van der Waals surface area contributed by atoms with Gasteiger partial charge in [-0.15, -0.1) is 0 Å². The van der Waals surface area contributed by atoms with Gasteiger partial charge in [-0.2, -0.15) is 0 Å². The van der Waals surface area contributed by atoms with E-state index < -0.39 is 0 Å². The average molecular weight is 186 g/mol. The fourth-order valence-electron chi connectivity index (χ4n) is 4.06. The van der Waals surface area contributed by atoms with Crippen LogP contribution in [0.25, 0.3) is 0 Å². The van der Waals surface area contributed by atoms with Gasteiger partial charge in [0.2, 0.25) is 0 Å². The van der Waals surface area contributed by atoms with Crippen molar-refractivity contribution in [1.29, 1.82) is 0 Å². The summed E-state index contributed by atoms with van der Waals surface area (Å²) < 4.78 is 0. The van der Waals surface area contributed by atoms with Crippen molar-refractivity contribution in [3.63, 3.8) is 0 Å². The zero-order valence-corrected chi connectivity index (χ0v) is 9.14. The van der Waals surface area contributed by atoms with Crippen LogP contribution in [0, 0.1) is 10.8 Å². The van der Waals surface area contributed by atoms with E-state index in [1.54, 1.807) is 11.1 Å². The molecule has 1 saturated carbocycles. The van der Waals surface area contributed by atoms with Crippen molar-refractivity contribution in [2.75, 3.05) is 0 Å². The summed E-state index contributed by atoms with van der Waals surface area (Å²) in [7, 11) is 0. The summed E-state index contributed by atoms with van der Waals surface area (Å²) in [6, 6.07) is 0. The summed E-state index contributed by atoms with van der Waals surface area (Å²) >= 11 is 0. The van der Waals surface area contributed by atoms with E-state index in [9.17, 15) is 0 Å². The molecule has 74 valence electrons. The second kappa shape index (κ2) is 2.42. The topological polar surface area (TPSA) is 0 Å². The lowest BCUT2D eigenvalue weighted by atomic mass is 9.41. The maximum atomic E-state index is 2.47. The molecule has 3 aliphatic rings. The lowest BCUT2D eigenvalue weighted by Gasteiger charge is -2.62. The lowest BCUT2D eigenvalue weighted by molar-refractivity contribution is 0.0976. The highest BCUT2D eigenvalue weighted by Gasteiger charge is 2.59. The SMILES string of the molecule is CC1=C(C)C23C=CC=CC12CCCC3. The Hall–Kier alpha value is -0.780. The van der Waals surface area contributed by atoms with E-state index in [1.807, 2.05) is 0 Å². The van der Waals surface area contributed by atoms with Crippen molar-refractivity contribution in [3.8, 4) is 0 Å². The fourth-order valence-corrected chi connectivity index (χ4v) is 4.06. The smallest absolute Gasteiger partial charge is 0.0222 e. The Bertz CT molecular complexity index is 333. The highest BCUT2D eigenvalue weighted by atomic mass is 14.6. The van der Waals surface area contributed by atoms with Gasteiger partial charge in [-0.3, -0.25) is 0 Å². The first-order valence-electron chi connectivity index (χ1n) is 5.78. The Kier molecular flexibility index (Phi) is 1.47. The first kappa shape index (κ1) is 8.52. The van der Waals surface area contributed by atoms with E-state index in [0.717, 1.165) is 0 Å². The number of hydrogen-bond donors (Lipinski definition) is 0. The summed E-state index contributed by atoms with van der Waals surface area (Å²) in [5, 5.41) is 0. The van der Waals surface area contributed by atoms with E-state index in [2.05, 4.69) is 38.2 Å². The summed E-state index contributed by atoms with van der Waals surface area (Å²) in [6.07, 6.45) is 15.0. The van der Waals surface area contributed by atoms with Crippen LogP contribution >= 0.6 is 0 Å². The second-order valence-electron chi connectivity index (χ2n) is 5.12. The van der Waals surface area contributed by atoms with Gasteiger partial charge in [0.15, 0.2) is 0 Å². The minimum atomic E-state index is 0.435. The largest absolute Gasteiger partial charge is 0.0731 e. The molecular formula is C14H18.